The summed E-state index contributed by atoms with van der Waals surface area (Å²) in [5, 5.41) is 3.52. The molecule has 1 heterocycles. The van der Waals surface area contributed by atoms with E-state index in [0.717, 1.165) is 17.8 Å². The molecule has 2 unspecified atom stereocenters. The van der Waals surface area contributed by atoms with E-state index in [1.807, 2.05) is 13.8 Å². The Labute approximate surface area is 101 Å². The van der Waals surface area contributed by atoms with Gasteiger partial charge >= 0.3 is 0 Å². The summed E-state index contributed by atoms with van der Waals surface area (Å²) in [7, 11) is 0. The molecule has 1 aliphatic heterocycles. The summed E-state index contributed by atoms with van der Waals surface area (Å²) in [4.78, 5) is 0. The van der Waals surface area contributed by atoms with Crippen molar-refractivity contribution in [2.24, 2.45) is 17.8 Å². The maximum atomic E-state index is 3.52. The van der Waals surface area contributed by atoms with E-state index in [1.165, 1.54) is 25.9 Å². The highest BCUT2D eigenvalue weighted by molar-refractivity contribution is 5.23. The van der Waals surface area contributed by atoms with Gasteiger partial charge < -0.3 is 5.32 Å². The van der Waals surface area contributed by atoms with Crippen LogP contribution in [0, 0.1) is 17.8 Å². The fourth-order valence-corrected chi connectivity index (χ4v) is 3.19. The molecule has 0 amide bonds. The maximum Gasteiger partial charge on any atom is -0.00114 e. The van der Waals surface area contributed by atoms with Crippen LogP contribution in [0.1, 0.15) is 40.5 Å². The molecular weight excluding hydrogens is 194 g/mol. The van der Waals surface area contributed by atoms with Crippen LogP contribution >= 0.6 is 0 Å². The van der Waals surface area contributed by atoms with Crippen molar-refractivity contribution in [3.8, 4) is 0 Å². The molecule has 1 nitrogen and oxygen atoms in total. The lowest BCUT2D eigenvalue weighted by Gasteiger charge is -2.18. The van der Waals surface area contributed by atoms with Crippen LogP contribution in [0.4, 0.5) is 0 Å². The second kappa shape index (κ2) is 6.90. The third-order valence-electron chi connectivity index (χ3n) is 3.88. The van der Waals surface area contributed by atoms with E-state index in [0.29, 0.717) is 0 Å². The third-order valence-corrected chi connectivity index (χ3v) is 3.88. The van der Waals surface area contributed by atoms with Crippen LogP contribution in [0.15, 0.2) is 23.8 Å². The van der Waals surface area contributed by atoms with Gasteiger partial charge in [0.15, 0.2) is 0 Å². The fourth-order valence-electron chi connectivity index (χ4n) is 3.19. The summed E-state index contributed by atoms with van der Waals surface area (Å²) < 4.78 is 0. The lowest BCUT2D eigenvalue weighted by atomic mass is 9.86. The van der Waals surface area contributed by atoms with Crippen LogP contribution in [0.25, 0.3) is 0 Å². The number of nitrogens with one attached hydrogen (secondary N) is 1. The van der Waals surface area contributed by atoms with E-state index >= 15 is 0 Å². The largest absolute Gasteiger partial charge is 0.316 e. The Bertz CT molecular complexity index is 252. The molecule has 1 saturated carbocycles. The van der Waals surface area contributed by atoms with Crippen molar-refractivity contribution < 1.29 is 0 Å². The molecule has 3 atom stereocenters. The van der Waals surface area contributed by atoms with Crippen molar-refractivity contribution in [2.45, 2.75) is 40.5 Å². The van der Waals surface area contributed by atoms with Gasteiger partial charge in [-0.15, -0.1) is 0 Å². The minimum absolute atomic E-state index is 0.830. The van der Waals surface area contributed by atoms with Gasteiger partial charge in [0.25, 0.3) is 0 Å². The number of rotatable bonds is 2. The van der Waals surface area contributed by atoms with E-state index in [9.17, 15) is 0 Å². The quantitative estimate of drug-likeness (QED) is 0.700. The predicted octanol–water partition coefficient (Wildman–Crippen LogP) is 3.78. The predicted molar refractivity (Wildman–Crippen MR) is 72.5 cm³/mol. The molecule has 1 saturated heterocycles. The summed E-state index contributed by atoms with van der Waals surface area (Å²) in [5.41, 5.74) is 1.56. The smallest absolute Gasteiger partial charge is 0.00114 e. The highest BCUT2D eigenvalue weighted by atomic mass is 14.9. The number of hydrogen-bond donors (Lipinski definition) is 1. The molecule has 0 aromatic carbocycles. The standard InChI is InChI=1S/C13H21N.C2H6/c1-3-5-10(4-2)12-7-6-11-8-14-9-13(11)12;1-2/h3-5,11-14H,6-9H2,1-2H3;1-2H3/b5-3-,10-4+;/t11?,12-,13?;/m1./s1. The molecule has 0 aromatic heterocycles. The summed E-state index contributed by atoms with van der Waals surface area (Å²) >= 11 is 0. The van der Waals surface area contributed by atoms with E-state index in [1.54, 1.807) is 5.57 Å². The molecule has 0 radical (unpaired) electrons. The molecule has 0 aromatic rings. The van der Waals surface area contributed by atoms with Crippen LogP contribution in [0.2, 0.25) is 0 Å². The highest BCUT2D eigenvalue weighted by Crippen LogP contribution is 2.43. The first kappa shape index (κ1) is 13.5. The molecule has 2 aliphatic rings. The zero-order valence-electron chi connectivity index (χ0n) is 11.3. The Hall–Kier alpha value is -0.560. The van der Waals surface area contributed by atoms with Crippen LogP contribution in [-0.2, 0) is 0 Å². The van der Waals surface area contributed by atoms with E-state index in [-0.39, 0.29) is 0 Å². The van der Waals surface area contributed by atoms with Gasteiger partial charge in [0.05, 0.1) is 0 Å². The van der Waals surface area contributed by atoms with Crippen molar-refractivity contribution in [3.05, 3.63) is 23.8 Å². The summed E-state index contributed by atoms with van der Waals surface area (Å²) in [5.74, 6) is 2.70. The minimum atomic E-state index is 0.830. The van der Waals surface area contributed by atoms with Gasteiger partial charge in [-0.2, -0.15) is 0 Å². The third kappa shape index (κ3) is 2.76. The Kier molecular flexibility index (Phi) is 5.83. The first-order valence-corrected chi connectivity index (χ1v) is 6.86. The number of allylic oxidation sites excluding steroid dienone is 4. The molecule has 2 fully saturated rings. The van der Waals surface area contributed by atoms with Gasteiger partial charge in [-0.1, -0.05) is 32.1 Å². The zero-order valence-corrected chi connectivity index (χ0v) is 11.3. The van der Waals surface area contributed by atoms with Crippen molar-refractivity contribution in [1.82, 2.24) is 5.32 Å². The van der Waals surface area contributed by atoms with Gasteiger partial charge in [-0.05, 0) is 63.1 Å². The van der Waals surface area contributed by atoms with Crippen LogP contribution < -0.4 is 5.32 Å². The molecule has 16 heavy (non-hydrogen) atoms. The Morgan fingerprint density at radius 2 is 1.88 bits per heavy atom. The van der Waals surface area contributed by atoms with Crippen LogP contribution in [0.3, 0.4) is 0 Å². The zero-order chi connectivity index (χ0) is 12.0. The Morgan fingerprint density at radius 1 is 1.12 bits per heavy atom. The Balaban J connectivity index is 0.000000606. The van der Waals surface area contributed by atoms with Crippen molar-refractivity contribution >= 4 is 0 Å². The highest BCUT2D eigenvalue weighted by Gasteiger charge is 2.39. The molecule has 2 rings (SSSR count). The van der Waals surface area contributed by atoms with Crippen molar-refractivity contribution in [3.63, 3.8) is 0 Å². The lowest BCUT2D eigenvalue weighted by molar-refractivity contribution is 0.425. The minimum Gasteiger partial charge on any atom is -0.316 e. The first-order valence-electron chi connectivity index (χ1n) is 6.86. The summed E-state index contributed by atoms with van der Waals surface area (Å²) in [6.07, 6.45) is 9.60. The van der Waals surface area contributed by atoms with E-state index in [4.69, 9.17) is 0 Å². The van der Waals surface area contributed by atoms with Gasteiger partial charge in [-0.3, -0.25) is 0 Å². The first-order chi connectivity index (χ1) is 7.86. The second-order valence-electron chi connectivity index (χ2n) is 4.55. The van der Waals surface area contributed by atoms with Crippen molar-refractivity contribution in [1.29, 1.82) is 0 Å². The SMILES string of the molecule is C/C=C\C(=C/C)[C@H]1CCC2CNCC21.CC. The normalized spacial score (nSPS) is 33.8. The summed E-state index contributed by atoms with van der Waals surface area (Å²) in [6.45, 7) is 10.8. The lowest BCUT2D eigenvalue weighted by Crippen LogP contribution is -2.17. The van der Waals surface area contributed by atoms with Crippen LogP contribution in [0.5, 0.6) is 0 Å². The molecule has 1 N–H and O–H groups in total. The van der Waals surface area contributed by atoms with E-state index in [2.05, 4.69) is 37.4 Å². The summed E-state index contributed by atoms with van der Waals surface area (Å²) in [6, 6.07) is 0. The average Bonchev–Trinajstić information content (AvgIpc) is 2.91. The topological polar surface area (TPSA) is 12.0 Å². The fraction of sp³-hybridized carbons (Fsp3) is 0.733. The van der Waals surface area contributed by atoms with E-state index < -0.39 is 0 Å². The Morgan fingerprint density at radius 3 is 2.50 bits per heavy atom. The molecule has 1 heteroatoms. The monoisotopic (exact) mass is 221 g/mol. The molecule has 0 spiro atoms. The molecule has 1 aliphatic carbocycles. The average molecular weight is 221 g/mol. The van der Waals surface area contributed by atoms with Gasteiger partial charge in [0, 0.05) is 0 Å². The number of hydrogen-bond acceptors (Lipinski definition) is 1. The second-order valence-corrected chi connectivity index (χ2v) is 4.55. The maximum absolute atomic E-state index is 3.52. The molecular formula is C15H27N. The molecule has 92 valence electrons. The van der Waals surface area contributed by atoms with Gasteiger partial charge in [0.1, 0.15) is 0 Å². The van der Waals surface area contributed by atoms with Crippen LogP contribution in [-0.4, -0.2) is 13.1 Å². The van der Waals surface area contributed by atoms with Crippen molar-refractivity contribution in [2.75, 3.05) is 13.1 Å². The number of fused-ring (bicyclic) bond motifs is 1. The van der Waals surface area contributed by atoms with Gasteiger partial charge in [0.2, 0.25) is 0 Å². The molecule has 0 bridgehead atoms. The van der Waals surface area contributed by atoms with Gasteiger partial charge in [-0.25, -0.2) is 0 Å².